The van der Waals surface area contributed by atoms with Crippen molar-refractivity contribution >= 4 is 5.97 Å². The Morgan fingerprint density at radius 2 is 2.15 bits per heavy atom. The molecule has 1 aromatic carbocycles. The normalized spacial score (nSPS) is 19.1. The van der Waals surface area contributed by atoms with E-state index >= 15 is 0 Å². The van der Waals surface area contributed by atoms with E-state index in [-0.39, 0.29) is 6.04 Å². The van der Waals surface area contributed by atoms with Crippen LogP contribution in [0, 0.1) is 0 Å². The van der Waals surface area contributed by atoms with Gasteiger partial charge in [0.2, 0.25) is 0 Å². The molecular formula is C16H23NO3. The summed E-state index contributed by atoms with van der Waals surface area (Å²) in [6.07, 6.45) is 3.92. The van der Waals surface area contributed by atoms with Gasteiger partial charge < -0.3 is 9.84 Å². The predicted octanol–water partition coefficient (Wildman–Crippen LogP) is 2.91. The summed E-state index contributed by atoms with van der Waals surface area (Å²) in [5, 5.41) is 9.16. The Hall–Kier alpha value is -1.55. The molecule has 4 heteroatoms. The SMILES string of the molecule is CCCCOc1ccc(CN2CCC[C@@H]2C(=O)O)cc1. The van der Waals surface area contributed by atoms with E-state index in [0.717, 1.165) is 50.1 Å². The summed E-state index contributed by atoms with van der Waals surface area (Å²) in [5.41, 5.74) is 1.14. The van der Waals surface area contributed by atoms with Crippen molar-refractivity contribution in [2.75, 3.05) is 13.2 Å². The van der Waals surface area contributed by atoms with Gasteiger partial charge in [-0.25, -0.2) is 0 Å². The van der Waals surface area contributed by atoms with Crippen LogP contribution in [-0.4, -0.2) is 35.2 Å². The van der Waals surface area contributed by atoms with Gasteiger partial charge >= 0.3 is 5.97 Å². The van der Waals surface area contributed by atoms with Crippen molar-refractivity contribution in [3.63, 3.8) is 0 Å². The summed E-state index contributed by atoms with van der Waals surface area (Å²) >= 11 is 0. The number of ether oxygens (including phenoxy) is 1. The van der Waals surface area contributed by atoms with Gasteiger partial charge in [0.1, 0.15) is 11.8 Å². The molecule has 0 bridgehead atoms. The van der Waals surface area contributed by atoms with Crippen LogP contribution in [-0.2, 0) is 11.3 Å². The number of benzene rings is 1. The van der Waals surface area contributed by atoms with Crippen molar-refractivity contribution in [3.8, 4) is 5.75 Å². The standard InChI is InChI=1S/C16H23NO3/c1-2-3-11-20-14-8-6-13(7-9-14)12-17-10-4-5-15(17)16(18)19/h6-9,15H,2-5,10-12H2,1H3,(H,18,19)/t15-/m1/s1. The molecule has 1 aliphatic rings. The van der Waals surface area contributed by atoms with Crippen LogP contribution in [0.2, 0.25) is 0 Å². The number of hydrogen-bond donors (Lipinski definition) is 1. The second kappa shape index (κ2) is 7.29. The maximum absolute atomic E-state index is 11.1. The number of carbonyl (C=O) groups is 1. The average molecular weight is 277 g/mol. The molecule has 1 saturated heterocycles. The average Bonchev–Trinajstić information content (AvgIpc) is 2.89. The molecular weight excluding hydrogens is 254 g/mol. The lowest BCUT2D eigenvalue weighted by Crippen LogP contribution is -2.35. The number of nitrogens with zero attached hydrogens (tertiary/aromatic N) is 1. The first kappa shape index (κ1) is 14.9. The van der Waals surface area contributed by atoms with Crippen LogP contribution in [0.3, 0.4) is 0 Å². The molecule has 1 atom stereocenters. The highest BCUT2D eigenvalue weighted by molar-refractivity contribution is 5.73. The van der Waals surface area contributed by atoms with E-state index in [1.165, 1.54) is 0 Å². The van der Waals surface area contributed by atoms with Crippen molar-refractivity contribution < 1.29 is 14.6 Å². The first-order chi connectivity index (χ1) is 9.70. The second-order valence-electron chi connectivity index (χ2n) is 5.31. The second-order valence-corrected chi connectivity index (χ2v) is 5.31. The lowest BCUT2D eigenvalue weighted by Gasteiger charge is -2.21. The Kier molecular flexibility index (Phi) is 5.41. The van der Waals surface area contributed by atoms with Gasteiger partial charge in [-0.1, -0.05) is 25.5 Å². The van der Waals surface area contributed by atoms with E-state index in [2.05, 4.69) is 6.92 Å². The molecule has 20 heavy (non-hydrogen) atoms. The van der Waals surface area contributed by atoms with Crippen LogP contribution in [0.15, 0.2) is 24.3 Å². The van der Waals surface area contributed by atoms with Gasteiger partial charge in [0.25, 0.3) is 0 Å². The number of aliphatic carboxylic acids is 1. The largest absolute Gasteiger partial charge is 0.494 e. The molecule has 0 saturated carbocycles. The first-order valence-corrected chi connectivity index (χ1v) is 7.39. The van der Waals surface area contributed by atoms with Gasteiger partial charge in [0.05, 0.1) is 6.61 Å². The Balaban J connectivity index is 1.88. The van der Waals surface area contributed by atoms with E-state index in [0.29, 0.717) is 6.54 Å². The van der Waals surface area contributed by atoms with E-state index < -0.39 is 5.97 Å². The fourth-order valence-electron chi connectivity index (χ4n) is 2.56. The van der Waals surface area contributed by atoms with Gasteiger partial charge in [-0.15, -0.1) is 0 Å². The highest BCUT2D eigenvalue weighted by Crippen LogP contribution is 2.21. The summed E-state index contributed by atoms with van der Waals surface area (Å²) in [5.74, 6) is 0.181. The van der Waals surface area contributed by atoms with Gasteiger partial charge in [-0.3, -0.25) is 9.69 Å². The van der Waals surface area contributed by atoms with Crippen molar-refractivity contribution in [1.29, 1.82) is 0 Å². The molecule has 1 N–H and O–H groups in total. The Labute approximate surface area is 120 Å². The minimum absolute atomic E-state index is 0.324. The third-order valence-electron chi connectivity index (χ3n) is 3.72. The fraction of sp³-hybridized carbons (Fsp3) is 0.562. The van der Waals surface area contributed by atoms with Crippen LogP contribution in [0.4, 0.5) is 0 Å². The number of likely N-dealkylation sites (tertiary alicyclic amines) is 1. The Bertz CT molecular complexity index is 430. The minimum Gasteiger partial charge on any atom is -0.494 e. The number of hydrogen-bond acceptors (Lipinski definition) is 3. The molecule has 0 spiro atoms. The number of carboxylic acids is 1. The lowest BCUT2D eigenvalue weighted by atomic mass is 10.2. The first-order valence-electron chi connectivity index (χ1n) is 7.39. The molecule has 4 nitrogen and oxygen atoms in total. The topological polar surface area (TPSA) is 49.8 Å². The molecule has 1 fully saturated rings. The molecule has 0 radical (unpaired) electrons. The van der Waals surface area contributed by atoms with Crippen LogP contribution in [0.1, 0.15) is 38.2 Å². The van der Waals surface area contributed by atoms with Gasteiger partial charge in [-0.2, -0.15) is 0 Å². The molecule has 1 aromatic rings. The van der Waals surface area contributed by atoms with Crippen molar-refractivity contribution in [2.24, 2.45) is 0 Å². The van der Waals surface area contributed by atoms with E-state index in [1.807, 2.05) is 29.2 Å². The highest BCUT2D eigenvalue weighted by atomic mass is 16.5. The number of unbranched alkanes of at least 4 members (excludes halogenated alkanes) is 1. The zero-order valence-electron chi connectivity index (χ0n) is 12.0. The molecule has 0 amide bonds. The summed E-state index contributed by atoms with van der Waals surface area (Å²) < 4.78 is 5.62. The molecule has 1 aliphatic heterocycles. The van der Waals surface area contributed by atoms with Gasteiger partial charge in [0.15, 0.2) is 0 Å². The smallest absolute Gasteiger partial charge is 0.320 e. The van der Waals surface area contributed by atoms with Crippen molar-refractivity contribution in [2.45, 2.75) is 45.2 Å². The third-order valence-corrected chi connectivity index (χ3v) is 3.72. The van der Waals surface area contributed by atoms with Crippen LogP contribution in [0.25, 0.3) is 0 Å². The number of rotatable bonds is 7. The van der Waals surface area contributed by atoms with E-state index in [4.69, 9.17) is 9.84 Å². The summed E-state index contributed by atoms with van der Waals surface area (Å²) in [6.45, 7) is 4.46. The maximum atomic E-state index is 11.1. The molecule has 0 aliphatic carbocycles. The monoisotopic (exact) mass is 277 g/mol. The van der Waals surface area contributed by atoms with E-state index in [9.17, 15) is 4.79 Å². The maximum Gasteiger partial charge on any atom is 0.320 e. The quantitative estimate of drug-likeness (QED) is 0.779. The van der Waals surface area contributed by atoms with Crippen LogP contribution in [0.5, 0.6) is 5.75 Å². The van der Waals surface area contributed by atoms with Crippen LogP contribution >= 0.6 is 0 Å². The molecule has 0 unspecified atom stereocenters. The Morgan fingerprint density at radius 3 is 2.80 bits per heavy atom. The third kappa shape index (κ3) is 3.97. The van der Waals surface area contributed by atoms with Crippen molar-refractivity contribution in [3.05, 3.63) is 29.8 Å². The molecule has 110 valence electrons. The summed E-state index contributed by atoms with van der Waals surface area (Å²) in [7, 11) is 0. The van der Waals surface area contributed by atoms with Crippen LogP contribution < -0.4 is 4.74 Å². The molecule has 2 rings (SSSR count). The molecule has 1 heterocycles. The zero-order chi connectivity index (χ0) is 14.4. The van der Waals surface area contributed by atoms with Gasteiger partial charge in [-0.05, 0) is 43.5 Å². The number of carboxylic acid groups (broad SMARTS) is 1. The fourth-order valence-corrected chi connectivity index (χ4v) is 2.56. The lowest BCUT2D eigenvalue weighted by molar-refractivity contribution is -0.142. The van der Waals surface area contributed by atoms with E-state index in [1.54, 1.807) is 0 Å². The summed E-state index contributed by atoms with van der Waals surface area (Å²) in [4.78, 5) is 13.2. The molecule has 0 aromatic heterocycles. The van der Waals surface area contributed by atoms with Crippen molar-refractivity contribution in [1.82, 2.24) is 4.90 Å². The highest BCUT2D eigenvalue weighted by Gasteiger charge is 2.30. The van der Waals surface area contributed by atoms with Gasteiger partial charge in [0, 0.05) is 6.54 Å². The summed E-state index contributed by atoms with van der Waals surface area (Å²) in [6, 6.07) is 7.67. The minimum atomic E-state index is -0.706. The predicted molar refractivity (Wildman–Crippen MR) is 77.9 cm³/mol. The Morgan fingerprint density at radius 1 is 1.40 bits per heavy atom. The zero-order valence-corrected chi connectivity index (χ0v) is 12.0.